The van der Waals surface area contributed by atoms with E-state index in [-0.39, 0.29) is 23.3 Å². The minimum Gasteiger partial charge on any atom is -0.478 e. The fourth-order valence-electron chi connectivity index (χ4n) is 3.10. The van der Waals surface area contributed by atoms with Crippen LogP contribution in [0.15, 0.2) is 16.8 Å². The molecule has 13 nitrogen and oxygen atoms in total. The fraction of sp³-hybridized carbons (Fsp3) is 0.474. The Hall–Kier alpha value is -3.02. The van der Waals surface area contributed by atoms with Crippen molar-refractivity contribution in [3.05, 3.63) is 23.3 Å². The first-order valence-corrected chi connectivity index (χ1v) is 13.5. The quantitative estimate of drug-likeness (QED) is 0.425. The molecule has 3 aromatic heterocycles. The van der Waals surface area contributed by atoms with Crippen molar-refractivity contribution in [1.29, 1.82) is 0 Å². The Kier molecular flexibility index (Phi) is 7.15. The summed E-state index contributed by atoms with van der Waals surface area (Å²) in [7, 11) is 0.940. The highest BCUT2D eigenvalue weighted by Crippen LogP contribution is 2.35. The van der Waals surface area contributed by atoms with Crippen LogP contribution >= 0.6 is 18.7 Å². The van der Waals surface area contributed by atoms with Gasteiger partial charge in [0.15, 0.2) is 11.6 Å². The van der Waals surface area contributed by atoms with Gasteiger partial charge in [-0.05, 0) is 20.4 Å². The van der Waals surface area contributed by atoms with E-state index in [1.807, 2.05) is 0 Å². The Morgan fingerprint density at radius 1 is 1.12 bits per heavy atom. The maximum absolute atomic E-state index is 12.3. The van der Waals surface area contributed by atoms with Gasteiger partial charge in [-0.2, -0.15) is 4.98 Å². The van der Waals surface area contributed by atoms with Gasteiger partial charge in [-0.15, -0.1) is 5.10 Å². The van der Waals surface area contributed by atoms with Gasteiger partial charge in [-0.1, -0.05) is 16.7 Å². The van der Waals surface area contributed by atoms with Gasteiger partial charge in [0.25, 0.3) is 5.88 Å². The molecule has 0 unspecified atom stereocenters. The van der Waals surface area contributed by atoms with Gasteiger partial charge in [0.2, 0.25) is 11.8 Å². The van der Waals surface area contributed by atoms with E-state index < -0.39 is 7.14 Å². The molecule has 0 aliphatic carbocycles. The predicted molar refractivity (Wildman–Crippen MR) is 129 cm³/mol. The molecule has 0 aromatic carbocycles. The third kappa shape index (κ3) is 5.72. The molecule has 4 rings (SSSR count). The molecule has 1 saturated heterocycles. The summed E-state index contributed by atoms with van der Waals surface area (Å²) < 4.78 is 23.4. The van der Waals surface area contributed by atoms with Crippen LogP contribution in [0.3, 0.4) is 0 Å². The molecule has 0 amide bonds. The first-order chi connectivity index (χ1) is 16.2. The Labute approximate surface area is 201 Å². The third-order valence-electron chi connectivity index (χ3n) is 5.08. The van der Waals surface area contributed by atoms with Crippen LogP contribution in [0.5, 0.6) is 5.88 Å². The van der Waals surface area contributed by atoms with Crippen molar-refractivity contribution in [3.63, 3.8) is 0 Å². The Balaban J connectivity index is 1.43. The van der Waals surface area contributed by atoms with E-state index >= 15 is 0 Å². The van der Waals surface area contributed by atoms with Gasteiger partial charge >= 0.3 is 6.01 Å². The molecule has 1 aliphatic rings. The van der Waals surface area contributed by atoms with Gasteiger partial charge in [-0.3, -0.25) is 0 Å². The maximum Gasteiger partial charge on any atom is 0.318 e. The van der Waals surface area contributed by atoms with Crippen molar-refractivity contribution in [3.8, 4) is 5.88 Å². The molecular formula is C19H26ClN10O3P. The second-order valence-electron chi connectivity index (χ2n) is 8.07. The summed E-state index contributed by atoms with van der Waals surface area (Å²) in [6.45, 7) is 7.02. The van der Waals surface area contributed by atoms with Crippen molar-refractivity contribution >= 4 is 47.8 Å². The molecule has 1 fully saturated rings. The minimum atomic E-state index is -2.59. The van der Waals surface area contributed by atoms with Gasteiger partial charge in [0, 0.05) is 26.2 Å². The van der Waals surface area contributed by atoms with Crippen molar-refractivity contribution in [2.45, 2.75) is 6.54 Å². The zero-order valence-corrected chi connectivity index (χ0v) is 21.0. The molecule has 0 bridgehead atoms. The summed E-state index contributed by atoms with van der Waals surface area (Å²) in [6.07, 6.45) is 2.89. The predicted octanol–water partition coefficient (Wildman–Crippen LogP) is 1.67. The molecule has 3 aromatic rings. The first-order valence-electron chi connectivity index (χ1n) is 10.5. The van der Waals surface area contributed by atoms with E-state index in [4.69, 9.17) is 20.8 Å². The second-order valence-corrected chi connectivity index (χ2v) is 11.6. The van der Waals surface area contributed by atoms with Crippen molar-refractivity contribution in [2.24, 2.45) is 0 Å². The first kappa shape index (κ1) is 24.1. The lowest BCUT2D eigenvalue weighted by molar-refractivity contribution is 0.304. The number of hydrogen-bond acceptors (Lipinski definition) is 13. The molecule has 0 radical (unpaired) electrons. The number of nitrogens with zero attached hydrogens (tertiary/aromatic N) is 8. The summed E-state index contributed by atoms with van der Waals surface area (Å²) in [5.74, 6) is 1.45. The summed E-state index contributed by atoms with van der Waals surface area (Å²) in [4.78, 5) is 21.4. The highest BCUT2D eigenvalue weighted by atomic mass is 35.5. The normalized spacial score (nSPS) is 14.8. The van der Waals surface area contributed by atoms with Crippen molar-refractivity contribution in [1.82, 2.24) is 35.0 Å². The maximum atomic E-state index is 12.3. The van der Waals surface area contributed by atoms with Crippen LogP contribution in [0.25, 0.3) is 0 Å². The molecule has 34 heavy (non-hydrogen) atoms. The van der Waals surface area contributed by atoms with E-state index in [0.29, 0.717) is 29.1 Å². The van der Waals surface area contributed by atoms with Crippen molar-refractivity contribution < 1.29 is 13.7 Å². The highest BCUT2D eigenvalue weighted by molar-refractivity contribution is 7.69. The summed E-state index contributed by atoms with van der Waals surface area (Å²) in [5, 5.41) is 14.5. The number of ether oxygens (including phenoxy) is 1. The van der Waals surface area contributed by atoms with Crippen LogP contribution in [-0.4, -0.2) is 88.7 Å². The molecule has 1 aliphatic heterocycles. The molecule has 4 heterocycles. The molecule has 182 valence electrons. The lowest BCUT2D eigenvalue weighted by Gasteiger charge is -2.30. The Morgan fingerprint density at radius 2 is 1.88 bits per heavy atom. The fourth-order valence-corrected chi connectivity index (χ4v) is 3.91. The van der Waals surface area contributed by atoms with Crippen LogP contribution in [0, 0.1) is 0 Å². The van der Waals surface area contributed by atoms with E-state index in [1.165, 1.54) is 19.5 Å². The number of methoxy groups -OCH3 is 1. The molecule has 15 heteroatoms. The number of aromatic nitrogens is 6. The number of likely N-dealkylation sites (N-methyl/N-ethyl adjacent to an activating group) is 1. The average Bonchev–Trinajstić information content (AvgIpc) is 3.28. The largest absolute Gasteiger partial charge is 0.478 e. The van der Waals surface area contributed by atoms with Gasteiger partial charge in [0.1, 0.15) is 17.6 Å². The zero-order valence-electron chi connectivity index (χ0n) is 19.3. The molecule has 0 saturated carbocycles. The average molecular weight is 509 g/mol. The molecule has 0 atom stereocenters. The topological polar surface area (TPSA) is 147 Å². The summed E-state index contributed by atoms with van der Waals surface area (Å²) >= 11 is 6.26. The summed E-state index contributed by atoms with van der Waals surface area (Å²) in [5.41, 5.74) is 0.363. The number of piperazine rings is 1. The summed E-state index contributed by atoms with van der Waals surface area (Å²) in [6, 6.07) is 0.502. The van der Waals surface area contributed by atoms with E-state index in [9.17, 15) is 4.57 Å². The lowest BCUT2D eigenvalue weighted by Crippen LogP contribution is -2.44. The molecular weight excluding hydrogens is 483 g/mol. The molecule has 0 spiro atoms. The Morgan fingerprint density at radius 3 is 2.59 bits per heavy atom. The van der Waals surface area contributed by atoms with Crippen LogP contribution in [0.4, 0.5) is 23.6 Å². The van der Waals surface area contributed by atoms with Crippen LogP contribution in [-0.2, 0) is 11.1 Å². The number of nitrogens with one attached hydrogen (secondary N) is 2. The zero-order chi connectivity index (χ0) is 24.3. The standard InChI is InChI=1S/C19H26ClN10O3P/c1-29-5-7-30(8-6-29)19-28-27-13(33-19)10-23-18-22-9-12(20)15(26-18)25-16-17(32-2)24-14(11-21-16)34(3,4)31/h9,11H,5-8,10H2,1-4H3,(H2,21,22,23,25,26). The van der Waals surface area contributed by atoms with E-state index in [0.717, 1.165) is 26.2 Å². The monoisotopic (exact) mass is 508 g/mol. The number of hydrogen-bond donors (Lipinski definition) is 2. The van der Waals surface area contributed by atoms with Crippen LogP contribution in [0.2, 0.25) is 5.02 Å². The third-order valence-corrected chi connectivity index (χ3v) is 6.68. The molecule has 2 N–H and O–H groups in total. The number of halogens is 1. The smallest absolute Gasteiger partial charge is 0.318 e. The van der Waals surface area contributed by atoms with Gasteiger partial charge < -0.3 is 34.2 Å². The lowest BCUT2D eigenvalue weighted by atomic mass is 10.3. The number of rotatable bonds is 8. The van der Waals surface area contributed by atoms with Gasteiger partial charge in [0.05, 0.1) is 26.0 Å². The second kappa shape index (κ2) is 10.1. The Bertz CT molecular complexity index is 1190. The van der Waals surface area contributed by atoms with E-state index in [2.05, 4.69) is 57.6 Å². The SMILES string of the molecule is COc1nc(P(C)(C)=O)cnc1Nc1nc(NCc2nnc(N3CCN(C)CC3)o2)ncc1Cl. The number of anilines is 4. The van der Waals surface area contributed by atoms with Crippen LogP contribution in [0.1, 0.15) is 5.89 Å². The van der Waals surface area contributed by atoms with Crippen molar-refractivity contribution in [2.75, 3.05) is 69.2 Å². The minimum absolute atomic E-state index is 0.174. The highest BCUT2D eigenvalue weighted by Gasteiger charge is 2.20. The van der Waals surface area contributed by atoms with E-state index in [1.54, 1.807) is 13.3 Å². The van der Waals surface area contributed by atoms with Crippen LogP contribution < -0.4 is 25.7 Å². The van der Waals surface area contributed by atoms with Gasteiger partial charge in [-0.25, -0.2) is 15.0 Å².